The second-order valence-corrected chi connectivity index (χ2v) is 4.69. The molecule has 0 aromatic rings. The van der Waals surface area contributed by atoms with Crippen molar-refractivity contribution in [1.29, 1.82) is 0 Å². The van der Waals surface area contributed by atoms with Crippen molar-refractivity contribution >= 4 is 18.0 Å². The van der Waals surface area contributed by atoms with Crippen LogP contribution in [0.3, 0.4) is 0 Å². The molecule has 0 saturated heterocycles. The molecule has 7 heteroatoms. The molecule has 24 heavy (non-hydrogen) atoms. The normalized spacial score (nSPS) is 10.6. The summed E-state index contributed by atoms with van der Waals surface area (Å²) >= 11 is 0. The molecule has 0 fully saturated rings. The van der Waals surface area contributed by atoms with E-state index in [1.165, 1.54) is 0 Å². The van der Waals surface area contributed by atoms with Crippen molar-refractivity contribution in [3.63, 3.8) is 0 Å². The Labute approximate surface area is 142 Å². The van der Waals surface area contributed by atoms with Gasteiger partial charge in [0.1, 0.15) is 6.04 Å². The molecule has 0 aromatic heterocycles. The van der Waals surface area contributed by atoms with Crippen molar-refractivity contribution in [3.05, 3.63) is 0 Å². The summed E-state index contributed by atoms with van der Waals surface area (Å²) in [6.45, 7) is 1.67. The Bertz CT molecular complexity index is 488. The van der Waals surface area contributed by atoms with Crippen LogP contribution in [0.5, 0.6) is 0 Å². The Hall–Kier alpha value is -2.67. The van der Waals surface area contributed by atoms with Gasteiger partial charge in [-0.15, -0.1) is 12.8 Å². The lowest BCUT2D eigenvalue weighted by Crippen LogP contribution is -2.42. The van der Waals surface area contributed by atoms with Gasteiger partial charge >= 0.3 is 18.0 Å². The topological polar surface area (TPSA) is 90.9 Å². The second kappa shape index (κ2) is 14.0. The van der Waals surface area contributed by atoms with Crippen LogP contribution in [0, 0.1) is 24.7 Å². The first-order valence-electron chi connectivity index (χ1n) is 7.67. The van der Waals surface area contributed by atoms with E-state index < -0.39 is 18.1 Å². The minimum Gasteiger partial charge on any atom is -0.464 e. The van der Waals surface area contributed by atoms with Crippen LogP contribution in [-0.4, -0.2) is 43.9 Å². The summed E-state index contributed by atoms with van der Waals surface area (Å²) in [5.74, 6) is 3.48. The molecule has 0 aliphatic rings. The molecule has 0 aliphatic carbocycles. The van der Waals surface area contributed by atoms with E-state index in [1.54, 1.807) is 6.92 Å². The molecule has 0 rings (SSSR count). The Balaban J connectivity index is 4.15. The number of alkyl carbamates (subject to hydrolysis) is 1. The lowest BCUT2D eigenvalue weighted by atomic mass is 10.1. The molecule has 0 radical (unpaired) electrons. The van der Waals surface area contributed by atoms with Gasteiger partial charge < -0.3 is 19.5 Å². The Morgan fingerprint density at radius 1 is 1.00 bits per heavy atom. The van der Waals surface area contributed by atoms with Gasteiger partial charge in [-0.2, -0.15) is 0 Å². The zero-order valence-electron chi connectivity index (χ0n) is 13.8. The lowest BCUT2D eigenvalue weighted by molar-refractivity contribution is -0.146. The van der Waals surface area contributed by atoms with E-state index in [2.05, 4.69) is 21.9 Å². The Morgan fingerprint density at radius 2 is 1.67 bits per heavy atom. The molecule has 0 spiro atoms. The first kappa shape index (κ1) is 21.3. The predicted octanol–water partition coefficient (Wildman–Crippen LogP) is 1.40. The maximum atomic E-state index is 11.8. The standard InChI is InChI=1S/C17H23NO6/c1-4-12-23-15(19)11-9-7-8-10-14(16(20)22-6-3)18-17(21)24-13-5-2/h1-2,14H,6-13H2,3H3,(H,18,21). The summed E-state index contributed by atoms with van der Waals surface area (Å²) in [5, 5.41) is 2.42. The molecule has 0 heterocycles. The summed E-state index contributed by atoms with van der Waals surface area (Å²) in [4.78, 5) is 34.6. The molecular formula is C17H23NO6. The van der Waals surface area contributed by atoms with E-state index >= 15 is 0 Å². The highest BCUT2D eigenvalue weighted by Gasteiger charge is 2.22. The summed E-state index contributed by atoms with van der Waals surface area (Å²) in [5.41, 5.74) is 0. The highest BCUT2D eigenvalue weighted by atomic mass is 16.6. The van der Waals surface area contributed by atoms with Crippen molar-refractivity contribution in [2.75, 3.05) is 19.8 Å². The number of amides is 1. The quantitative estimate of drug-likeness (QED) is 0.265. The molecule has 1 unspecified atom stereocenters. The zero-order valence-corrected chi connectivity index (χ0v) is 13.8. The van der Waals surface area contributed by atoms with Gasteiger partial charge in [0.2, 0.25) is 0 Å². The van der Waals surface area contributed by atoms with Crippen LogP contribution >= 0.6 is 0 Å². The van der Waals surface area contributed by atoms with Crippen LogP contribution < -0.4 is 5.32 Å². The molecular weight excluding hydrogens is 314 g/mol. The summed E-state index contributed by atoms with van der Waals surface area (Å²) in [7, 11) is 0. The maximum Gasteiger partial charge on any atom is 0.408 e. The minimum absolute atomic E-state index is 0.0343. The predicted molar refractivity (Wildman–Crippen MR) is 86.6 cm³/mol. The summed E-state index contributed by atoms with van der Waals surface area (Å²) in [6.07, 6.45) is 11.7. The van der Waals surface area contributed by atoms with Gasteiger partial charge in [0.05, 0.1) is 6.61 Å². The first-order chi connectivity index (χ1) is 11.5. The first-order valence-corrected chi connectivity index (χ1v) is 7.67. The van der Waals surface area contributed by atoms with Crippen LogP contribution in [0.1, 0.15) is 39.0 Å². The molecule has 1 N–H and O–H groups in total. The number of ether oxygens (including phenoxy) is 3. The third kappa shape index (κ3) is 11.0. The average Bonchev–Trinajstić information content (AvgIpc) is 2.56. The number of carbonyl (C=O) groups is 3. The van der Waals surface area contributed by atoms with Gasteiger partial charge in [0, 0.05) is 6.42 Å². The van der Waals surface area contributed by atoms with Gasteiger partial charge in [-0.05, 0) is 19.8 Å². The van der Waals surface area contributed by atoms with Gasteiger partial charge in [-0.3, -0.25) is 4.79 Å². The highest BCUT2D eigenvalue weighted by molar-refractivity contribution is 5.81. The van der Waals surface area contributed by atoms with Crippen LogP contribution in [0.4, 0.5) is 4.79 Å². The van der Waals surface area contributed by atoms with Crippen LogP contribution in [0.25, 0.3) is 0 Å². The van der Waals surface area contributed by atoms with Crippen molar-refractivity contribution in [2.45, 2.75) is 45.1 Å². The number of nitrogens with one attached hydrogen (secondary N) is 1. The van der Waals surface area contributed by atoms with Gasteiger partial charge in [0.25, 0.3) is 0 Å². The molecule has 0 aliphatic heterocycles. The van der Waals surface area contributed by atoms with Crippen LogP contribution in [0.15, 0.2) is 0 Å². The second-order valence-electron chi connectivity index (χ2n) is 4.69. The SMILES string of the molecule is C#CCOC(=O)CCCCCC(NC(=O)OCC#C)C(=O)OCC. The van der Waals surface area contributed by atoms with E-state index in [4.69, 9.17) is 22.3 Å². The fraction of sp³-hybridized carbons (Fsp3) is 0.588. The van der Waals surface area contributed by atoms with E-state index in [0.717, 1.165) is 0 Å². The summed E-state index contributed by atoms with van der Waals surface area (Å²) < 4.78 is 14.3. The number of carbonyl (C=O) groups excluding carboxylic acids is 3. The molecule has 7 nitrogen and oxygen atoms in total. The van der Waals surface area contributed by atoms with Crippen molar-refractivity contribution in [1.82, 2.24) is 5.32 Å². The fourth-order valence-corrected chi connectivity index (χ4v) is 1.77. The van der Waals surface area contributed by atoms with Gasteiger partial charge in [-0.1, -0.05) is 24.7 Å². The molecule has 0 bridgehead atoms. The minimum atomic E-state index is -0.816. The number of hydrogen-bond donors (Lipinski definition) is 1. The average molecular weight is 337 g/mol. The van der Waals surface area contributed by atoms with Crippen molar-refractivity contribution < 1.29 is 28.6 Å². The Morgan fingerprint density at radius 3 is 2.29 bits per heavy atom. The maximum absolute atomic E-state index is 11.8. The third-order valence-corrected chi connectivity index (χ3v) is 2.84. The largest absolute Gasteiger partial charge is 0.464 e. The van der Waals surface area contributed by atoms with Crippen LogP contribution in [-0.2, 0) is 23.8 Å². The highest BCUT2D eigenvalue weighted by Crippen LogP contribution is 2.08. The van der Waals surface area contributed by atoms with E-state index in [0.29, 0.717) is 25.7 Å². The number of terminal acetylenes is 2. The van der Waals surface area contributed by atoms with Gasteiger partial charge in [-0.25, -0.2) is 9.59 Å². The number of unbranched alkanes of at least 4 members (excludes halogenated alkanes) is 2. The number of esters is 2. The monoisotopic (exact) mass is 337 g/mol. The molecule has 1 atom stereocenters. The van der Waals surface area contributed by atoms with Crippen molar-refractivity contribution in [2.24, 2.45) is 0 Å². The van der Waals surface area contributed by atoms with E-state index in [1.807, 2.05) is 0 Å². The van der Waals surface area contributed by atoms with Gasteiger partial charge in [0.15, 0.2) is 13.2 Å². The van der Waals surface area contributed by atoms with E-state index in [-0.39, 0.29) is 32.2 Å². The molecule has 132 valence electrons. The number of rotatable bonds is 11. The number of hydrogen-bond acceptors (Lipinski definition) is 6. The molecule has 0 aromatic carbocycles. The molecule has 0 saturated carbocycles. The lowest BCUT2D eigenvalue weighted by Gasteiger charge is -2.16. The summed E-state index contributed by atoms with van der Waals surface area (Å²) in [6, 6.07) is -0.816. The fourth-order valence-electron chi connectivity index (χ4n) is 1.77. The zero-order chi connectivity index (χ0) is 18.2. The Kier molecular flexibility index (Phi) is 12.4. The molecule has 1 amide bonds. The van der Waals surface area contributed by atoms with Crippen LogP contribution in [0.2, 0.25) is 0 Å². The smallest absolute Gasteiger partial charge is 0.408 e. The van der Waals surface area contributed by atoms with E-state index in [9.17, 15) is 14.4 Å². The van der Waals surface area contributed by atoms with Crippen molar-refractivity contribution in [3.8, 4) is 24.7 Å². The third-order valence-electron chi connectivity index (χ3n) is 2.84.